The van der Waals surface area contributed by atoms with Crippen molar-refractivity contribution >= 4 is 17.4 Å². The van der Waals surface area contributed by atoms with Crippen LogP contribution in [0.3, 0.4) is 0 Å². The van der Waals surface area contributed by atoms with Crippen LogP contribution in [0.25, 0.3) is 11.1 Å². The number of benzene rings is 2. The third-order valence-corrected chi connectivity index (χ3v) is 3.51. The first-order valence-corrected chi connectivity index (χ1v) is 6.68. The van der Waals surface area contributed by atoms with E-state index < -0.39 is 10.9 Å². The Morgan fingerprint density at radius 1 is 1.23 bits per heavy atom. The summed E-state index contributed by atoms with van der Waals surface area (Å²) in [5.41, 5.74) is 1.27. The highest BCUT2D eigenvalue weighted by Crippen LogP contribution is 2.40. The average molecular weight is 297 g/mol. The molecule has 0 heterocycles. The molecule has 0 saturated heterocycles. The van der Waals surface area contributed by atoms with Gasteiger partial charge in [-0.1, -0.05) is 12.1 Å². The summed E-state index contributed by atoms with van der Waals surface area (Å²) in [5, 5.41) is 11.2. The van der Waals surface area contributed by atoms with Gasteiger partial charge >= 0.3 is 5.97 Å². The Morgan fingerprint density at radius 2 is 1.95 bits per heavy atom. The predicted octanol–water partition coefficient (Wildman–Crippen LogP) is 2.98. The van der Waals surface area contributed by atoms with Crippen molar-refractivity contribution in [2.45, 2.75) is 6.92 Å². The lowest BCUT2D eigenvalue weighted by molar-refractivity contribution is -0.384. The van der Waals surface area contributed by atoms with Crippen molar-refractivity contribution in [1.82, 2.24) is 0 Å². The number of para-hydroxylation sites is 1. The van der Waals surface area contributed by atoms with E-state index in [0.29, 0.717) is 11.1 Å². The summed E-state index contributed by atoms with van der Waals surface area (Å²) in [6, 6.07) is 9.08. The fourth-order valence-corrected chi connectivity index (χ4v) is 2.53. The quantitative estimate of drug-likeness (QED) is 0.420. The largest absolute Gasteiger partial charge is 0.462 e. The second kappa shape index (κ2) is 5.07. The SMILES string of the molecule is CCOC(=O)c1cc2cc(c1-c1ccccc1[N+](=O)[O-])C2=O. The number of esters is 1. The number of ether oxygens (including phenoxy) is 1. The molecular weight excluding hydrogens is 286 g/mol. The van der Waals surface area contributed by atoms with E-state index in [1.807, 2.05) is 0 Å². The van der Waals surface area contributed by atoms with Gasteiger partial charge in [-0.15, -0.1) is 0 Å². The van der Waals surface area contributed by atoms with Gasteiger partial charge in [0.2, 0.25) is 0 Å². The number of nitro benzene ring substituents is 1. The zero-order valence-electron chi connectivity index (χ0n) is 11.7. The van der Waals surface area contributed by atoms with E-state index in [4.69, 9.17) is 4.74 Å². The van der Waals surface area contributed by atoms with Gasteiger partial charge in [0.1, 0.15) is 0 Å². The minimum absolute atomic E-state index is 0.156. The monoisotopic (exact) mass is 297 g/mol. The van der Waals surface area contributed by atoms with E-state index in [0.717, 1.165) is 0 Å². The Labute approximate surface area is 125 Å². The van der Waals surface area contributed by atoms with E-state index in [1.165, 1.54) is 24.3 Å². The van der Waals surface area contributed by atoms with Crippen molar-refractivity contribution in [1.29, 1.82) is 0 Å². The first-order chi connectivity index (χ1) is 10.5. The van der Waals surface area contributed by atoms with Crippen LogP contribution in [-0.4, -0.2) is 23.3 Å². The summed E-state index contributed by atoms with van der Waals surface area (Å²) in [7, 11) is 0. The van der Waals surface area contributed by atoms with Crippen molar-refractivity contribution in [2.24, 2.45) is 0 Å². The van der Waals surface area contributed by atoms with Gasteiger partial charge in [-0.05, 0) is 25.1 Å². The summed E-state index contributed by atoms with van der Waals surface area (Å²) in [5.74, 6) is -0.799. The second-order valence-electron chi connectivity index (χ2n) is 4.77. The Morgan fingerprint density at radius 3 is 2.59 bits per heavy atom. The van der Waals surface area contributed by atoms with Crippen LogP contribution in [0.2, 0.25) is 0 Å². The van der Waals surface area contributed by atoms with Gasteiger partial charge in [0.15, 0.2) is 5.78 Å². The molecule has 110 valence electrons. The van der Waals surface area contributed by atoms with E-state index in [2.05, 4.69) is 0 Å². The number of carbonyl (C=O) groups is 2. The van der Waals surface area contributed by atoms with Gasteiger partial charge in [-0.2, -0.15) is 0 Å². The lowest BCUT2D eigenvalue weighted by atomic mass is 9.80. The Bertz CT molecular complexity index is 825. The summed E-state index contributed by atoms with van der Waals surface area (Å²) >= 11 is 0. The van der Waals surface area contributed by atoms with Crippen LogP contribution in [0.1, 0.15) is 33.2 Å². The molecule has 0 amide bonds. The summed E-state index contributed by atoms with van der Waals surface area (Å²) in [6.45, 7) is 1.85. The molecule has 0 saturated carbocycles. The molecule has 0 aromatic heterocycles. The maximum atomic E-state index is 12.1. The third kappa shape index (κ3) is 1.96. The minimum Gasteiger partial charge on any atom is -0.462 e. The zero-order chi connectivity index (χ0) is 15.9. The van der Waals surface area contributed by atoms with Crippen molar-refractivity contribution in [3.8, 4) is 11.1 Å². The summed E-state index contributed by atoms with van der Waals surface area (Å²) in [4.78, 5) is 34.7. The second-order valence-corrected chi connectivity index (χ2v) is 4.77. The van der Waals surface area contributed by atoms with Crippen LogP contribution < -0.4 is 0 Å². The van der Waals surface area contributed by atoms with Crippen LogP contribution in [0, 0.1) is 10.1 Å². The van der Waals surface area contributed by atoms with Crippen LogP contribution in [-0.2, 0) is 4.74 Å². The third-order valence-electron chi connectivity index (χ3n) is 3.51. The summed E-state index contributed by atoms with van der Waals surface area (Å²) < 4.78 is 4.99. The van der Waals surface area contributed by atoms with Crippen LogP contribution in [0.5, 0.6) is 0 Å². The van der Waals surface area contributed by atoms with Gasteiger partial charge in [-0.25, -0.2) is 4.79 Å². The van der Waals surface area contributed by atoms with Crippen LogP contribution in [0.15, 0.2) is 36.4 Å². The first kappa shape index (κ1) is 13.9. The van der Waals surface area contributed by atoms with Crippen molar-refractivity contribution in [3.63, 3.8) is 0 Å². The molecule has 0 radical (unpaired) electrons. The first-order valence-electron chi connectivity index (χ1n) is 6.68. The molecular formula is C16H11NO5. The van der Waals surface area contributed by atoms with Gasteiger partial charge in [-0.3, -0.25) is 14.9 Å². The number of rotatable bonds is 4. The van der Waals surface area contributed by atoms with E-state index >= 15 is 0 Å². The predicted molar refractivity (Wildman–Crippen MR) is 77.9 cm³/mol. The molecule has 0 unspecified atom stereocenters. The molecule has 4 rings (SSSR count). The molecule has 6 nitrogen and oxygen atoms in total. The number of nitrogens with zero attached hydrogens (tertiary/aromatic N) is 1. The standard InChI is InChI=1S/C16H11NO5/c1-2-22-16(19)12-8-9-7-11(15(9)18)14(12)10-5-3-4-6-13(10)17(20)21/h3-8H,2H2,1H3. The molecule has 0 atom stereocenters. The molecule has 2 bridgehead atoms. The molecule has 6 heteroatoms. The molecule has 2 aromatic rings. The molecule has 0 aliphatic heterocycles. The number of nitro groups is 1. The number of fused-ring (bicyclic) bond motifs is 2. The number of carbonyl (C=O) groups excluding carboxylic acids is 2. The molecule has 2 aliphatic rings. The number of ketones is 1. The Kier molecular flexibility index (Phi) is 3.21. The van der Waals surface area contributed by atoms with Gasteiger partial charge in [0, 0.05) is 22.8 Å². The fourth-order valence-electron chi connectivity index (χ4n) is 2.53. The van der Waals surface area contributed by atoms with E-state index in [9.17, 15) is 19.7 Å². The maximum Gasteiger partial charge on any atom is 0.338 e. The van der Waals surface area contributed by atoms with Crippen molar-refractivity contribution in [2.75, 3.05) is 6.61 Å². The Hall–Kier alpha value is -3.02. The van der Waals surface area contributed by atoms with Crippen LogP contribution in [0.4, 0.5) is 5.69 Å². The highest BCUT2D eigenvalue weighted by atomic mass is 16.6. The highest BCUT2D eigenvalue weighted by Gasteiger charge is 2.33. The number of hydrogen-bond acceptors (Lipinski definition) is 5. The molecule has 0 fully saturated rings. The molecule has 0 spiro atoms. The van der Waals surface area contributed by atoms with Crippen molar-refractivity contribution in [3.05, 3.63) is 63.2 Å². The normalized spacial score (nSPS) is 11.8. The highest BCUT2D eigenvalue weighted by molar-refractivity contribution is 6.24. The molecule has 22 heavy (non-hydrogen) atoms. The molecule has 2 aromatic carbocycles. The minimum atomic E-state index is -0.591. The lowest BCUT2D eigenvalue weighted by Crippen LogP contribution is -2.20. The van der Waals surface area contributed by atoms with Crippen LogP contribution >= 0.6 is 0 Å². The smallest absolute Gasteiger partial charge is 0.338 e. The average Bonchev–Trinajstić information content (AvgIpc) is 2.53. The maximum absolute atomic E-state index is 12.1. The zero-order valence-corrected chi connectivity index (χ0v) is 11.7. The van der Waals surface area contributed by atoms with Crippen molar-refractivity contribution < 1.29 is 19.2 Å². The van der Waals surface area contributed by atoms with Gasteiger partial charge in [0.25, 0.3) is 5.69 Å². The molecule has 0 N–H and O–H groups in total. The van der Waals surface area contributed by atoms with E-state index in [1.54, 1.807) is 19.1 Å². The topological polar surface area (TPSA) is 86.5 Å². The van der Waals surface area contributed by atoms with E-state index in [-0.39, 0.29) is 34.8 Å². The lowest BCUT2D eigenvalue weighted by Gasteiger charge is -2.21. The van der Waals surface area contributed by atoms with Gasteiger partial charge < -0.3 is 4.74 Å². The molecule has 2 aliphatic carbocycles. The fraction of sp³-hybridized carbons (Fsp3) is 0.125. The van der Waals surface area contributed by atoms with Gasteiger partial charge in [0.05, 0.1) is 22.7 Å². The number of hydrogen-bond donors (Lipinski definition) is 0. The summed E-state index contributed by atoms with van der Waals surface area (Å²) in [6.07, 6.45) is 0. The Balaban J connectivity index is 2.26.